The Hall–Kier alpha value is -1.73. The fraction of sp³-hybridized carbons (Fsp3) is 0.250. The molecule has 1 rings (SSSR count). The van der Waals surface area contributed by atoms with E-state index in [-0.39, 0.29) is 12.3 Å². The van der Waals surface area contributed by atoms with E-state index in [4.69, 9.17) is 5.11 Å². The molecule has 1 aromatic heterocycles. The van der Waals surface area contributed by atoms with E-state index in [1.54, 1.807) is 0 Å². The molecule has 0 unspecified atom stereocenters. The SMILES string of the molecule is O=C(O)c1cc(C(F)(F)F)cnc1C(F)F. The van der Waals surface area contributed by atoms with Gasteiger partial charge in [-0.3, -0.25) is 4.98 Å². The zero-order valence-electron chi connectivity index (χ0n) is 7.42. The van der Waals surface area contributed by atoms with Gasteiger partial charge in [-0.25, -0.2) is 13.6 Å². The summed E-state index contributed by atoms with van der Waals surface area (Å²) in [4.78, 5) is 13.3. The first kappa shape index (κ1) is 12.3. The van der Waals surface area contributed by atoms with E-state index in [0.29, 0.717) is 0 Å². The highest BCUT2D eigenvalue weighted by Gasteiger charge is 2.33. The molecule has 0 aromatic carbocycles. The first-order valence-electron chi connectivity index (χ1n) is 3.82. The van der Waals surface area contributed by atoms with E-state index in [9.17, 15) is 26.7 Å². The standard InChI is InChI=1S/C8H4F5NO2/c9-6(10)5-4(7(15)16)1-3(2-14-5)8(11,12)13/h1-2,6H,(H,15,16). The topological polar surface area (TPSA) is 50.2 Å². The van der Waals surface area contributed by atoms with Crippen LogP contribution >= 0.6 is 0 Å². The maximum absolute atomic E-state index is 12.2. The molecule has 1 heterocycles. The summed E-state index contributed by atoms with van der Waals surface area (Å²) in [5, 5.41) is 8.46. The molecule has 0 amide bonds. The highest BCUT2D eigenvalue weighted by Crippen LogP contribution is 2.31. The van der Waals surface area contributed by atoms with Gasteiger partial charge in [0.2, 0.25) is 0 Å². The van der Waals surface area contributed by atoms with Gasteiger partial charge in [0, 0.05) is 6.20 Å². The quantitative estimate of drug-likeness (QED) is 0.810. The number of halogens is 5. The maximum atomic E-state index is 12.2. The summed E-state index contributed by atoms with van der Waals surface area (Å²) in [5.41, 5.74) is -3.71. The molecule has 0 saturated carbocycles. The Labute approximate surface area is 85.5 Å². The molecular formula is C8H4F5NO2. The highest BCUT2D eigenvalue weighted by molar-refractivity contribution is 5.89. The van der Waals surface area contributed by atoms with E-state index in [1.165, 1.54) is 0 Å². The lowest BCUT2D eigenvalue weighted by molar-refractivity contribution is -0.137. The number of nitrogens with zero attached hydrogens (tertiary/aromatic N) is 1. The second-order valence-corrected chi connectivity index (χ2v) is 2.76. The van der Waals surface area contributed by atoms with Gasteiger partial charge in [0.05, 0.1) is 11.1 Å². The molecule has 0 spiro atoms. The van der Waals surface area contributed by atoms with Crippen molar-refractivity contribution in [1.82, 2.24) is 4.98 Å². The van der Waals surface area contributed by atoms with E-state index in [1.807, 2.05) is 0 Å². The number of aromatic carboxylic acids is 1. The first-order chi connectivity index (χ1) is 7.23. The molecule has 16 heavy (non-hydrogen) atoms. The lowest BCUT2D eigenvalue weighted by Crippen LogP contribution is -2.12. The number of rotatable bonds is 2. The van der Waals surface area contributed by atoms with Gasteiger partial charge in [-0.2, -0.15) is 13.2 Å². The largest absolute Gasteiger partial charge is 0.478 e. The van der Waals surface area contributed by atoms with Gasteiger partial charge in [0.15, 0.2) is 0 Å². The zero-order valence-corrected chi connectivity index (χ0v) is 7.42. The van der Waals surface area contributed by atoms with Crippen molar-refractivity contribution in [2.75, 3.05) is 0 Å². The molecule has 0 bridgehead atoms. The third kappa shape index (κ3) is 2.44. The maximum Gasteiger partial charge on any atom is 0.417 e. The molecule has 1 aromatic rings. The van der Waals surface area contributed by atoms with Crippen LogP contribution in [0.15, 0.2) is 12.3 Å². The summed E-state index contributed by atoms with van der Waals surface area (Å²) >= 11 is 0. The Morgan fingerprint density at radius 2 is 1.94 bits per heavy atom. The minimum atomic E-state index is -4.82. The summed E-state index contributed by atoms with van der Waals surface area (Å²) in [6.07, 6.45) is -7.89. The average Bonchev–Trinajstić information content (AvgIpc) is 2.15. The number of pyridine rings is 1. The number of carboxylic acid groups (broad SMARTS) is 1. The number of hydrogen-bond acceptors (Lipinski definition) is 2. The number of carbonyl (C=O) groups is 1. The van der Waals surface area contributed by atoms with Gasteiger partial charge >= 0.3 is 12.1 Å². The molecule has 0 aliphatic heterocycles. The van der Waals surface area contributed by atoms with Gasteiger partial charge in [0.25, 0.3) is 6.43 Å². The van der Waals surface area contributed by atoms with Crippen molar-refractivity contribution in [3.8, 4) is 0 Å². The van der Waals surface area contributed by atoms with Crippen LogP contribution in [0.5, 0.6) is 0 Å². The van der Waals surface area contributed by atoms with Crippen LogP contribution in [-0.4, -0.2) is 16.1 Å². The fourth-order valence-corrected chi connectivity index (χ4v) is 0.976. The molecule has 0 atom stereocenters. The zero-order chi connectivity index (χ0) is 12.5. The minimum Gasteiger partial charge on any atom is -0.478 e. The van der Waals surface area contributed by atoms with Gasteiger partial charge < -0.3 is 5.11 Å². The summed E-state index contributed by atoms with van der Waals surface area (Å²) in [5.74, 6) is -1.88. The average molecular weight is 241 g/mol. The van der Waals surface area contributed by atoms with Gasteiger partial charge in [0.1, 0.15) is 5.69 Å². The van der Waals surface area contributed by atoms with Crippen LogP contribution in [0.25, 0.3) is 0 Å². The number of hydrogen-bond donors (Lipinski definition) is 1. The summed E-state index contributed by atoms with van der Waals surface area (Å²) in [7, 11) is 0. The second-order valence-electron chi connectivity index (χ2n) is 2.76. The Morgan fingerprint density at radius 1 is 1.38 bits per heavy atom. The molecule has 0 radical (unpaired) electrons. The summed E-state index contributed by atoms with van der Waals surface area (Å²) in [6, 6.07) is 0.136. The van der Waals surface area contributed by atoms with E-state index < -0.39 is 35.4 Å². The van der Waals surface area contributed by atoms with Crippen molar-refractivity contribution in [3.05, 3.63) is 29.1 Å². The molecule has 8 heteroatoms. The first-order valence-corrected chi connectivity index (χ1v) is 3.82. The van der Waals surface area contributed by atoms with Crippen molar-refractivity contribution in [1.29, 1.82) is 0 Å². The predicted molar refractivity (Wildman–Crippen MR) is 41.2 cm³/mol. The Morgan fingerprint density at radius 3 is 2.31 bits per heavy atom. The summed E-state index contributed by atoms with van der Waals surface area (Å²) in [6.45, 7) is 0. The molecular weight excluding hydrogens is 237 g/mol. The number of aromatic nitrogens is 1. The van der Waals surface area contributed by atoms with Crippen LogP contribution in [0.4, 0.5) is 22.0 Å². The third-order valence-electron chi connectivity index (χ3n) is 1.68. The van der Waals surface area contributed by atoms with Crippen molar-refractivity contribution in [2.45, 2.75) is 12.6 Å². The van der Waals surface area contributed by atoms with Gasteiger partial charge in [-0.15, -0.1) is 0 Å². The number of carboxylic acids is 1. The van der Waals surface area contributed by atoms with Crippen LogP contribution in [0.1, 0.15) is 28.0 Å². The van der Waals surface area contributed by atoms with Crippen molar-refractivity contribution >= 4 is 5.97 Å². The smallest absolute Gasteiger partial charge is 0.417 e. The molecule has 0 fully saturated rings. The third-order valence-corrected chi connectivity index (χ3v) is 1.68. The normalized spacial score (nSPS) is 11.9. The summed E-state index contributed by atoms with van der Waals surface area (Å²) < 4.78 is 60.8. The lowest BCUT2D eigenvalue weighted by Gasteiger charge is -2.09. The number of alkyl halides is 5. The predicted octanol–water partition coefficient (Wildman–Crippen LogP) is 2.74. The van der Waals surface area contributed by atoms with Crippen molar-refractivity contribution < 1.29 is 31.9 Å². The van der Waals surface area contributed by atoms with E-state index in [2.05, 4.69) is 4.98 Å². The molecule has 88 valence electrons. The second kappa shape index (κ2) is 4.03. The van der Waals surface area contributed by atoms with Gasteiger partial charge in [-0.05, 0) is 6.07 Å². The van der Waals surface area contributed by atoms with E-state index >= 15 is 0 Å². The lowest BCUT2D eigenvalue weighted by atomic mass is 10.1. The fourth-order valence-electron chi connectivity index (χ4n) is 0.976. The molecule has 3 nitrogen and oxygen atoms in total. The Balaban J connectivity index is 3.34. The van der Waals surface area contributed by atoms with Crippen LogP contribution in [-0.2, 0) is 6.18 Å². The van der Waals surface area contributed by atoms with Crippen LogP contribution in [0.2, 0.25) is 0 Å². The molecule has 0 aliphatic rings. The minimum absolute atomic E-state index is 0.136. The highest BCUT2D eigenvalue weighted by atomic mass is 19.4. The molecule has 1 N–H and O–H groups in total. The molecule has 0 aliphatic carbocycles. The van der Waals surface area contributed by atoms with Crippen molar-refractivity contribution in [3.63, 3.8) is 0 Å². The Kier molecular flexibility index (Phi) is 3.11. The Bertz CT molecular complexity index is 415. The van der Waals surface area contributed by atoms with Crippen LogP contribution < -0.4 is 0 Å². The van der Waals surface area contributed by atoms with Crippen LogP contribution in [0.3, 0.4) is 0 Å². The van der Waals surface area contributed by atoms with Gasteiger partial charge in [-0.1, -0.05) is 0 Å². The monoisotopic (exact) mass is 241 g/mol. The van der Waals surface area contributed by atoms with Crippen LogP contribution in [0, 0.1) is 0 Å². The molecule has 0 saturated heterocycles. The van der Waals surface area contributed by atoms with Crippen molar-refractivity contribution in [2.24, 2.45) is 0 Å². The van der Waals surface area contributed by atoms with E-state index in [0.717, 1.165) is 0 Å².